The molecule has 5 rings (SSSR count). The zero-order valence-electron chi connectivity index (χ0n) is 21.2. The quantitative estimate of drug-likeness (QED) is 0.202. The van der Waals surface area contributed by atoms with Crippen LogP contribution in [0.1, 0.15) is 11.1 Å². The number of hydrogen-bond donors (Lipinski definition) is 1. The first-order chi connectivity index (χ1) is 19.1. The second kappa shape index (κ2) is 12.2. The molecule has 0 spiro atoms. The van der Waals surface area contributed by atoms with Crippen molar-refractivity contribution < 1.29 is 14.3 Å². The smallest absolute Gasteiger partial charge is 0.262 e. The number of carbonyl (C=O) groups excluding carboxylic acids is 1. The minimum atomic E-state index is -0.444. The second-order valence-corrected chi connectivity index (χ2v) is 9.69. The molecule has 2 heterocycles. The predicted molar refractivity (Wildman–Crippen MR) is 154 cm³/mol. The van der Waals surface area contributed by atoms with E-state index in [2.05, 4.69) is 27.6 Å². The van der Waals surface area contributed by atoms with E-state index in [1.807, 2.05) is 60.7 Å². The van der Waals surface area contributed by atoms with Crippen LogP contribution in [0.25, 0.3) is 20.7 Å². The molecule has 0 aliphatic rings. The number of aromatic nitrogens is 2. The van der Waals surface area contributed by atoms with E-state index in [1.165, 1.54) is 34.0 Å². The van der Waals surface area contributed by atoms with Crippen molar-refractivity contribution in [2.75, 3.05) is 13.7 Å². The molecule has 8 nitrogen and oxygen atoms in total. The van der Waals surface area contributed by atoms with Crippen LogP contribution >= 0.6 is 11.3 Å². The molecule has 39 heavy (non-hydrogen) atoms. The van der Waals surface area contributed by atoms with Crippen molar-refractivity contribution in [1.29, 1.82) is 0 Å². The Hall–Kier alpha value is -4.76. The second-order valence-electron chi connectivity index (χ2n) is 8.66. The van der Waals surface area contributed by atoms with Gasteiger partial charge in [0.05, 0.1) is 31.6 Å². The van der Waals surface area contributed by atoms with Crippen molar-refractivity contribution in [3.63, 3.8) is 0 Å². The third-order valence-electron chi connectivity index (χ3n) is 5.97. The lowest BCUT2D eigenvalue weighted by molar-refractivity contribution is -0.121. The molecule has 0 radical (unpaired) electrons. The van der Waals surface area contributed by atoms with Crippen molar-refractivity contribution >= 4 is 33.7 Å². The summed E-state index contributed by atoms with van der Waals surface area (Å²) >= 11 is 1.44. The van der Waals surface area contributed by atoms with Crippen molar-refractivity contribution in [3.05, 3.63) is 113 Å². The Bertz CT molecular complexity index is 1660. The van der Waals surface area contributed by atoms with Crippen LogP contribution in [0.15, 0.2) is 101 Å². The number of ether oxygens (including phenoxy) is 2. The molecule has 5 aromatic rings. The summed E-state index contributed by atoms with van der Waals surface area (Å²) in [4.78, 5) is 31.4. The van der Waals surface area contributed by atoms with Gasteiger partial charge in [0.25, 0.3) is 11.5 Å². The van der Waals surface area contributed by atoms with Crippen LogP contribution in [0, 0.1) is 0 Å². The summed E-state index contributed by atoms with van der Waals surface area (Å²) in [6.07, 6.45) is 3.68. The highest BCUT2D eigenvalue weighted by Crippen LogP contribution is 2.30. The number of benzene rings is 3. The Morgan fingerprint density at radius 3 is 2.56 bits per heavy atom. The third kappa shape index (κ3) is 6.39. The minimum absolute atomic E-state index is 0.201. The van der Waals surface area contributed by atoms with E-state index in [0.29, 0.717) is 28.3 Å². The fourth-order valence-electron chi connectivity index (χ4n) is 3.99. The molecule has 3 aromatic carbocycles. The largest absolute Gasteiger partial charge is 0.493 e. The fraction of sp³-hybridized carbons (Fsp3) is 0.133. The number of rotatable bonds is 10. The summed E-state index contributed by atoms with van der Waals surface area (Å²) in [6, 6.07) is 27.1. The van der Waals surface area contributed by atoms with Gasteiger partial charge < -0.3 is 9.47 Å². The number of thiophene rings is 1. The Morgan fingerprint density at radius 1 is 1.03 bits per heavy atom. The van der Waals surface area contributed by atoms with Gasteiger partial charge in [-0.2, -0.15) is 5.10 Å². The number of hydrogen-bond acceptors (Lipinski definition) is 7. The molecule has 0 bridgehead atoms. The zero-order valence-corrected chi connectivity index (χ0v) is 22.1. The van der Waals surface area contributed by atoms with Gasteiger partial charge in [-0.3, -0.25) is 14.2 Å². The van der Waals surface area contributed by atoms with E-state index in [4.69, 9.17) is 9.47 Å². The van der Waals surface area contributed by atoms with Gasteiger partial charge >= 0.3 is 0 Å². The van der Waals surface area contributed by atoms with Crippen LogP contribution in [-0.2, 0) is 17.8 Å². The maximum atomic E-state index is 12.9. The number of methoxy groups -OCH3 is 1. The lowest BCUT2D eigenvalue weighted by Gasteiger charge is -2.11. The van der Waals surface area contributed by atoms with Crippen LogP contribution < -0.4 is 20.5 Å². The maximum Gasteiger partial charge on any atom is 0.262 e. The molecule has 0 aliphatic heterocycles. The van der Waals surface area contributed by atoms with Crippen LogP contribution in [0.4, 0.5) is 0 Å². The Kier molecular flexibility index (Phi) is 8.09. The average molecular weight is 539 g/mol. The highest BCUT2D eigenvalue weighted by atomic mass is 32.1. The molecule has 0 aliphatic carbocycles. The molecule has 2 aromatic heterocycles. The van der Waals surface area contributed by atoms with Gasteiger partial charge in [-0.25, -0.2) is 10.4 Å². The Balaban J connectivity index is 1.19. The van der Waals surface area contributed by atoms with Crippen LogP contribution in [0.5, 0.6) is 11.5 Å². The lowest BCUT2D eigenvalue weighted by atomic mass is 10.2. The fourth-order valence-corrected chi connectivity index (χ4v) is 4.99. The van der Waals surface area contributed by atoms with Crippen LogP contribution in [0.3, 0.4) is 0 Å². The average Bonchev–Trinajstić information content (AvgIpc) is 3.41. The number of nitrogens with one attached hydrogen (secondary N) is 1. The third-order valence-corrected chi connectivity index (χ3v) is 7.06. The van der Waals surface area contributed by atoms with E-state index in [-0.39, 0.29) is 12.1 Å². The zero-order chi connectivity index (χ0) is 27.0. The molecule has 9 heteroatoms. The monoisotopic (exact) mass is 538 g/mol. The first-order valence-corrected chi connectivity index (χ1v) is 13.1. The number of carbonyl (C=O) groups is 1. The number of nitrogens with zero attached hydrogens (tertiary/aromatic N) is 3. The van der Waals surface area contributed by atoms with Gasteiger partial charge in [0, 0.05) is 11.3 Å². The van der Waals surface area contributed by atoms with Crippen LogP contribution in [-0.4, -0.2) is 35.4 Å². The summed E-state index contributed by atoms with van der Waals surface area (Å²) in [6.45, 7) is 0.315. The van der Waals surface area contributed by atoms with Crippen molar-refractivity contribution in [1.82, 2.24) is 15.0 Å². The Morgan fingerprint density at radius 2 is 1.79 bits per heavy atom. The van der Waals surface area contributed by atoms with Gasteiger partial charge in [-0.15, -0.1) is 11.3 Å². The summed E-state index contributed by atoms with van der Waals surface area (Å²) in [7, 11) is 1.57. The number of hydrazone groups is 1. The minimum Gasteiger partial charge on any atom is -0.493 e. The van der Waals surface area contributed by atoms with Crippen molar-refractivity contribution in [2.24, 2.45) is 5.10 Å². The van der Waals surface area contributed by atoms with E-state index in [9.17, 15) is 9.59 Å². The van der Waals surface area contributed by atoms with Crippen molar-refractivity contribution in [3.8, 4) is 21.9 Å². The van der Waals surface area contributed by atoms with Gasteiger partial charge in [-0.1, -0.05) is 60.7 Å². The normalized spacial score (nSPS) is 11.1. The molecule has 196 valence electrons. The molecular formula is C30H26N4O4S. The van der Waals surface area contributed by atoms with Gasteiger partial charge in [0.1, 0.15) is 11.4 Å². The van der Waals surface area contributed by atoms with Gasteiger partial charge in [-0.05, 0) is 41.0 Å². The highest BCUT2D eigenvalue weighted by Gasteiger charge is 2.12. The molecule has 1 amide bonds. The summed E-state index contributed by atoms with van der Waals surface area (Å²) in [5, 5.41) is 4.51. The standard InChI is InChI=1S/C30H26N4O4S/c1-37-26-16-22(12-13-25(26)38-15-14-21-8-4-2-5-9-21)18-32-33-28(35)19-34-20-31-29-24(30(34)36)17-27(39-29)23-10-6-3-7-11-23/h2-13,16-18,20H,14-15,19H2,1H3,(H,33,35). The molecule has 0 unspecified atom stereocenters. The topological polar surface area (TPSA) is 94.8 Å². The molecule has 0 fully saturated rings. The summed E-state index contributed by atoms with van der Waals surface area (Å²) < 4.78 is 12.6. The van der Waals surface area contributed by atoms with E-state index in [1.54, 1.807) is 19.2 Å². The number of fused-ring (bicyclic) bond motifs is 1. The van der Waals surface area contributed by atoms with Gasteiger partial charge in [0.2, 0.25) is 0 Å². The van der Waals surface area contributed by atoms with Crippen LogP contribution in [0.2, 0.25) is 0 Å². The lowest BCUT2D eigenvalue weighted by Crippen LogP contribution is -2.29. The SMILES string of the molecule is COc1cc(C=NNC(=O)Cn2cnc3sc(-c4ccccc4)cc3c2=O)ccc1OCCc1ccccc1. The van der Waals surface area contributed by atoms with E-state index < -0.39 is 5.91 Å². The van der Waals surface area contributed by atoms with Crippen molar-refractivity contribution in [2.45, 2.75) is 13.0 Å². The maximum absolute atomic E-state index is 12.9. The predicted octanol–water partition coefficient (Wildman–Crippen LogP) is 4.91. The molecule has 0 atom stereocenters. The molecule has 1 N–H and O–H groups in total. The first kappa shape index (κ1) is 25.9. The summed E-state index contributed by atoms with van der Waals surface area (Å²) in [5.41, 5.74) is 5.12. The Labute approximate surface area is 229 Å². The number of amides is 1. The van der Waals surface area contributed by atoms with E-state index in [0.717, 1.165) is 22.4 Å². The molecular weight excluding hydrogens is 512 g/mol. The van der Waals surface area contributed by atoms with Gasteiger partial charge in [0.15, 0.2) is 11.5 Å². The van der Waals surface area contributed by atoms with E-state index >= 15 is 0 Å². The first-order valence-electron chi connectivity index (χ1n) is 12.3. The summed E-state index contributed by atoms with van der Waals surface area (Å²) in [5.74, 6) is 0.747. The highest BCUT2D eigenvalue weighted by molar-refractivity contribution is 7.21. The molecule has 0 saturated heterocycles. The molecule has 0 saturated carbocycles.